The van der Waals surface area contributed by atoms with Crippen molar-refractivity contribution in [2.24, 2.45) is 11.8 Å². The molecule has 1 saturated heterocycles. The molecule has 1 aliphatic heterocycles. The third kappa shape index (κ3) is 1.59. The lowest BCUT2D eigenvalue weighted by molar-refractivity contribution is 0.494. The van der Waals surface area contributed by atoms with Gasteiger partial charge in [0, 0.05) is 18.7 Å². The molecule has 2 heterocycles. The van der Waals surface area contributed by atoms with Crippen molar-refractivity contribution < 1.29 is 0 Å². The summed E-state index contributed by atoms with van der Waals surface area (Å²) in [7, 11) is 0. The van der Waals surface area contributed by atoms with Crippen LogP contribution in [0.25, 0.3) is 0 Å². The monoisotopic (exact) mass is 237 g/mol. The third-order valence-corrected chi connectivity index (χ3v) is 4.94. The van der Waals surface area contributed by atoms with Gasteiger partial charge < -0.3 is 10.6 Å². The Kier molecular flexibility index (Phi) is 2.35. The molecular weight excluding hydrogens is 218 g/mol. The van der Waals surface area contributed by atoms with Gasteiger partial charge in [0.25, 0.3) is 0 Å². The molecule has 0 amide bonds. The number of nitrogen functional groups attached to an aromatic ring is 1. The summed E-state index contributed by atoms with van der Waals surface area (Å²) in [6.45, 7) is 7.02. The number of anilines is 2. The van der Waals surface area contributed by atoms with Crippen LogP contribution in [0.5, 0.6) is 0 Å². The molecule has 2 fully saturated rings. The van der Waals surface area contributed by atoms with Crippen LogP contribution in [0.1, 0.15) is 38.2 Å². The first-order chi connectivity index (χ1) is 7.66. The summed E-state index contributed by atoms with van der Waals surface area (Å²) in [5.74, 6) is 3.07. The van der Waals surface area contributed by atoms with Gasteiger partial charge in [0.1, 0.15) is 10.8 Å². The predicted molar refractivity (Wildman–Crippen MR) is 69.0 cm³/mol. The fourth-order valence-electron chi connectivity index (χ4n) is 2.58. The van der Waals surface area contributed by atoms with Crippen LogP contribution in [0.4, 0.5) is 10.8 Å². The molecule has 88 valence electrons. The summed E-state index contributed by atoms with van der Waals surface area (Å²) in [4.78, 5) is 2.50. The molecule has 1 aromatic rings. The van der Waals surface area contributed by atoms with E-state index in [-0.39, 0.29) is 0 Å². The average molecular weight is 237 g/mol. The van der Waals surface area contributed by atoms with Crippen molar-refractivity contribution in [1.29, 1.82) is 0 Å². The van der Waals surface area contributed by atoms with Crippen LogP contribution in [0, 0.1) is 11.8 Å². The van der Waals surface area contributed by atoms with Crippen LogP contribution in [0.2, 0.25) is 0 Å². The predicted octanol–water partition coefficient (Wildman–Crippen LogP) is 2.69. The van der Waals surface area contributed by atoms with Crippen LogP contribution in [0.15, 0.2) is 0 Å². The van der Waals surface area contributed by atoms with Gasteiger partial charge in [-0.3, -0.25) is 0 Å². The van der Waals surface area contributed by atoms with Crippen LogP contribution < -0.4 is 10.6 Å². The van der Waals surface area contributed by atoms with Crippen molar-refractivity contribution in [2.45, 2.75) is 32.6 Å². The molecule has 3 nitrogen and oxygen atoms in total. The minimum absolute atomic E-state index is 0.708. The Balaban J connectivity index is 1.89. The highest BCUT2D eigenvalue weighted by Crippen LogP contribution is 2.49. The van der Waals surface area contributed by atoms with E-state index in [1.54, 1.807) is 11.5 Å². The molecule has 2 atom stereocenters. The summed E-state index contributed by atoms with van der Waals surface area (Å²) < 4.78 is 4.35. The molecule has 1 aromatic heterocycles. The van der Waals surface area contributed by atoms with Crippen molar-refractivity contribution in [2.75, 3.05) is 23.7 Å². The molecule has 1 aliphatic carbocycles. The van der Waals surface area contributed by atoms with Crippen LogP contribution in [-0.2, 0) is 0 Å². The molecule has 3 rings (SSSR count). The number of nitrogens with zero attached hydrogens (tertiary/aromatic N) is 2. The summed E-state index contributed by atoms with van der Waals surface area (Å²) in [5.41, 5.74) is 7.34. The lowest BCUT2D eigenvalue weighted by atomic mass is 10.0. The van der Waals surface area contributed by atoms with Gasteiger partial charge in [-0.05, 0) is 42.1 Å². The van der Waals surface area contributed by atoms with Crippen molar-refractivity contribution in [3.8, 4) is 0 Å². The van der Waals surface area contributed by atoms with Crippen molar-refractivity contribution in [3.05, 3.63) is 5.56 Å². The third-order valence-electron chi connectivity index (χ3n) is 4.00. The standard InChI is InChI=1S/C12H19N3S/c1-7-5-15(6-8(7)2)12-10(9-3-4-9)11(13)14-16-12/h7-9H,3-6H2,1-2H3,(H2,13,14). The van der Waals surface area contributed by atoms with Gasteiger partial charge in [-0.15, -0.1) is 0 Å². The minimum Gasteiger partial charge on any atom is -0.383 e. The van der Waals surface area contributed by atoms with Gasteiger partial charge in [-0.25, -0.2) is 0 Å². The molecule has 2 unspecified atom stereocenters. The van der Waals surface area contributed by atoms with E-state index in [1.807, 2.05) is 0 Å². The fourth-order valence-corrected chi connectivity index (χ4v) is 3.50. The molecule has 0 bridgehead atoms. The number of aromatic nitrogens is 1. The topological polar surface area (TPSA) is 42.2 Å². The smallest absolute Gasteiger partial charge is 0.142 e. The lowest BCUT2D eigenvalue weighted by Gasteiger charge is -2.17. The van der Waals surface area contributed by atoms with Crippen LogP contribution >= 0.6 is 11.5 Å². The summed E-state index contributed by atoms with van der Waals surface area (Å²) in [6.07, 6.45) is 2.60. The molecule has 0 spiro atoms. The molecule has 0 radical (unpaired) electrons. The van der Waals surface area contributed by atoms with Gasteiger partial charge >= 0.3 is 0 Å². The van der Waals surface area contributed by atoms with E-state index in [0.29, 0.717) is 5.92 Å². The van der Waals surface area contributed by atoms with E-state index in [4.69, 9.17) is 5.73 Å². The lowest BCUT2D eigenvalue weighted by Crippen LogP contribution is -2.19. The van der Waals surface area contributed by atoms with E-state index >= 15 is 0 Å². The van der Waals surface area contributed by atoms with E-state index in [2.05, 4.69) is 23.1 Å². The van der Waals surface area contributed by atoms with Gasteiger partial charge in [0.2, 0.25) is 0 Å². The Hall–Kier alpha value is -0.770. The zero-order valence-corrected chi connectivity index (χ0v) is 10.8. The second-order valence-electron chi connectivity index (χ2n) is 5.42. The maximum Gasteiger partial charge on any atom is 0.142 e. The maximum absolute atomic E-state index is 5.99. The van der Waals surface area contributed by atoms with E-state index in [0.717, 1.165) is 17.7 Å². The van der Waals surface area contributed by atoms with Crippen molar-refractivity contribution >= 4 is 22.4 Å². The molecule has 1 saturated carbocycles. The maximum atomic E-state index is 5.99. The van der Waals surface area contributed by atoms with Crippen molar-refractivity contribution in [1.82, 2.24) is 4.37 Å². The van der Waals surface area contributed by atoms with Crippen LogP contribution in [-0.4, -0.2) is 17.5 Å². The Morgan fingerprint density at radius 3 is 2.44 bits per heavy atom. The first kappa shape index (κ1) is 10.4. The highest BCUT2D eigenvalue weighted by molar-refractivity contribution is 7.10. The Morgan fingerprint density at radius 2 is 1.88 bits per heavy atom. The molecule has 2 aliphatic rings. The van der Waals surface area contributed by atoms with Gasteiger partial charge in [-0.1, -0.05) is 13.8 Å². The first-order valence-electron chi connectivity index (χ1n) is 6.16. The SMILES string of the molecule is CC1CN(c2snc(N)c2C2CC2)CC1C. The van der Waals surface area contributed by atoms with E-state index in [1.165, 1.54) is 36.5 Å². The van der Waals surface area contributed by atoms with Gasteiger partial charge in [0.15, 0.2) is 0 Å². The summed E-state index contributed by atoms with van der Waals surface area (Å²) in [5, 5.41) is 1.36. The largest absolute Gasteiger partial charge is 0.383 e. The quantitative estimate of drug-likeness (QED) is 0.860. The minimum atomic E-state index is 0.708. The molecule has 0 aromatic carbocycles. The first-order valence-corrected chi connectivity index (χ1v) is 6.94. The average Bonchev–Trinajstić information content (AvgIpc) is 2.93. The summed E-state index contributed by atoms with van der Waals surface area (Å²) in [6, 6.07) is 0. The zero-order chi connectivity index (χ0) is 11.3. The Labute approximate surface area is 101 Å². The number of hydrogen-bond donors (Lipinski definition) is 1. The van der Waals surface area contributed by atoms with Crippen molar-refractivity contribution in [3.63, 3.8) is 0 Å². The molecule has 2 N–H and O–H groups in total. The Bertz CT molecular complexity index is 387. The second kappa shape index (κ2) is 3.62. The fraction of sp³-hybridized carbons (Fsp3) is 0.750. The second-order valence-corrected chi connectivity index (χ2v) is 6.17. The molecular formula is C12H19N3S. The number of nitrogens with two attached hydrogens (primary N) is 1. The molecule has 4 heteroatoms. The van der Waals surface area contributed by atoms with Gasteiger partial charge in [0.05, 0.1) is 0 Å². The van der Waals surface area contributed by atoms with Gasteiger partial charge in [-0.2, -0.15) is 4.37 Å². The highest BCUT2D eigenvalue weighted by atomic mass is 32.1. The Morgan fingerprint density at radius 1 is 1.25 bits per heavy atom. The zero-order valence-electron chi connectivity index (χ0n) is 9.94. The molecule has 16 heavy (non-hydrogen) atoms. The normalized spacial score (nSPS) is 30.0. The van der Waals surface area contributed by atoms with E-state index < -0.39 is 0 Å². The summed E-state index contributed by atoms with van der Waals surface area (Å²) >= 11 is 1.60. The highest BCUT2D eigenvalue weighted by Gasteiger charge is 2.35. The van der Waals surface area contributed by atoms with Crippen LogP contribution in [0.3, 0.4) is 0 Å². The number of rotatable bonds is 2. The number of hydrogen-bond acceptors (Lipinski definition) is 4. The van der Waals surface area contributed by atoms with E-state index in [9.17, 15) is 0 Å².